The summed E-state index contributed by atoms with van der Waals surface area (Å²) in [5.74, 6) is 0.170. The second kappa shape index (κ2) is 7.25. The SMILES string of the molecule is O=S(=O)(Nc1ccn(Cc2ccccc2Cl)n1)c1cc(Cl)ccc1Cl. The second-order valence-electron chi connectivity index (χ2n) is 5.17. The van der Waals surface area contributed by atoms with E-state index in [4.69, 9.17) is 34.8 Å². The molecule has 0 fully saturated rings. The van der Waals surface area contributed by atoms with Crippen LogP contribution in [0.25, 0.3) is 0 Å². The van der Waals surface area contributed by atoms with E-state index < -0.39 is 10.0 Å². The Labute approximate surface area is 160 Å². The zero-order valence-electron chi connectivity index (χ0n) is 12.7. The summed E-state index contributed by atoms with van der Waals surface area (Å²) in [5.41, 5.74) is 0.875. The van der Waals surface area contributed by atoms with Gasteiger partial charge in [-0.25, -0.2) is 8.42 Å². The first-order valence-corrected chi connectivity index (χ1v) is 9.71. The van der Waals surface area contributed by atoms with Crippen LogP contribution in [-0.4, -0.2) is 18.2 Å². The molecule has 1 heterocycles. The lowest BCUT2D eigenvalue weighted by Crippen LogP contribution is -2.14. The molecule has 3 rings (SSSR count). The van der Waals surface area contributed by atoms with Gasteiger partial charge in [-0.2, -0.15) is 5.10 Å². The van der Waals surface area contributed by atoms with E-state index in [-0.39, 0.29) is 20.8 Å². The summed E-state index contributed by atoms with van der Waals surface area (Å²) >= 11 is 17.9. The van der Waals surface area contributed by atoms with Gasteiger partial charge in [0.25, 0.3) is 10.0 Å². The molecule has 0 unspecified atom stereocenters. The van der Waals surface area contributed by atoms with Gasteiger partial charge in [-0.15, -0.1) is 0 Å². The number of aromatic nitrogens is 2. The summed E-state index contributed by atoms with van der Waals surface area (Å²) in [6, 6.07) is 13.1. The lowest BCUT2D eigenvalue weighted by Gasteiger charge is -2.08. The molecule has 0 aliphatic heterocycles. The summed E-state index contributed by atoms with van der Waals surface area (Å²) in [6.07, 6.45) is 1.65. The highest BCUT2D eigenvalue weighted by Crippen LogP contribution is 2.26. The van der Waals surface area contributed by atoms with Gasteiger partial charge in [-0.3, -0.25) is 9.40 Å². The molecule has 0 spiro atoms. The first-order valence-electron chi connectivity index (χ1n) is 7.10. The van der Waals surface area contributed by atoms with Crippen LogP contribution in [0.3, 0.4) is 0 Å². The Hall–Kier alpha value is -1.73. The Morgan fingerprint density at radius 1 is 1.00 bits per heavy atom. The molecular weight excluding hydrogens is 405 g/mol. The smallest absolute Gasteiger partial charge is 0.264 e. The first-order chi connectivity index (χ1) is 11.8. The van der Waals surface area contributed by atoms with Gasteiger partial charge in [0.05, 0.1) is 11.6 Å². The number of nitrogens with one attached hydrogen (secondary N) is 1. The molecule has 0 saturated heterocycles. The van der Waals surface area contributed by atoms with Crippen molar-refractivity contribution in [3.63, 3.8) is 0 Å². The van der Waals surface area contributed by atoms with Crippen molar-refractivity contribution in [3.8, 4) is 0 Å². The molecule has 0 amide bonds. The largest absolute Gasteiger partial charge is 0.266 e. The maximum absolute atomic E-state index is 12.5. The van der Waals surface area contributed by atoms with Crippen molar-refractivity contribution in [2.45, 2.75) is 11.4 Å². The van der Waals surface area contributed by atoms with Crippen molar-refractivity contribution in [2.75, 3.05) is 4.72 Å². The molecule has 3 aromatic rings. The molecule has 0 saturated carbocycles. The second-order valence-corrected chi connectivity index (χ2v) is 8.07. The third kappa shape index (κ3) is 4.27. The number of benzene rings is 2. The number of anilines is 1. The number of hydrogen-bond donors (Lipinski definition) is 1. The van der Waals surface area contributed by atoms with Crippen molar-refractivity contribution >= 4 is 50.6 Å². The fraction of sp³-hybridized carbons (Fsp3) is 0.0625. The Bertz CT molecular complexity index is 1020. The Kier molecular flexibility index (Phi) is 5.24. The van der Waals surface area contributed by atoms with Crippen LogP contribution in [0, 0.1) is 0 Å². The molecule has 1 N–H and O–H groups in total. The fourth-order valence-corrected chi connectivity index (χ4v) is 4.14. The van der Waals surface area contributed by atoms with Crippen LogP contribution in [0.1, 0.15) is 5.56 Å². The molecule has 0 atom stereocenters. The van der Waals surface area contributed by atoms with Gasteiger partial charge >= 0.3 is 0 Å². The Morgan fingerprint density at radius 2 is 1.76 bits per heavy atom. The minimum absolute atomic E-state index is 0.0763. The Morgan fingerprint density at radius 3 is 2.52 bits per heavy atom. The predicted molar refractivity (Wildman–Crippen MR) is 100 cm³/mol. The minimum atomic E-state index is -3.90. The third-order valence-electron chi connectivity index (χ3n) is 3.35. The molecule has 5 nitrogen and oxygen atoms in total. The molecule has 0 aliphatic carbocycles. The van der Waals surface area contributed by atoms with E-state index >= 15 is 0 Å². The number of halogens is 3. The van der Waals surface area contributed by atoms with Gasteiger partial charge in [-0.05, 0) is 29.8 Å². The quantitative estimate of drug-likeness (QED) is 0.656. The average molecular weight is 417 g/mol. The van der Waals surface area contributed by atoms with Crippen molar-refractivity contribution in [1.29, 1.82) is 0 Å². The lowest BCUT2D eigenvalue weighted by atomic mass is 10.2. The zero-order valence-corrected chi connectivity index (χ0v) is 15.7. The third-order valence-corrected chi connectivity index (χ3v) is 5.79. The highest BCUT2D eigenvalue weighted by molar-refractivity contribution is 7.92. The van der Waals surface area contributed by atoms with Gasteiger partial charge < -0.3 is 0 Å². The summed E-state index contributed by atoms with van der Waals surface area (Å²) in [4.78, 5) is -0.109. The van der Waals surface area contributed by atoms with E-state index in [1.54, 1.807) is 23.0 Å². The molecule has 2 aromatic carbocycles. The normalized spacial score (nSPS) is 11.5. The number of nitrogens with zero attached hydrogens (tertiary/aromatic N) is 2. The van der Waals surface area contributed by atoms with Crippen LogP contribution >= 0.6 is 34.8 Å². The van der Waals surface area contributed by atoms with E-state index in [1.165, 1.54) is 18.2 Å². The van der Waals surface area contributed by atoms with Crippen LogP contribution in [0.15, 0.2) is 59.6 Å². The summed E-state index contributed by atoms with van der Waals surface area (Å²) < 4.78 is 28.9. The van der Waals surface area contributed by atoms with E-state index in [0.29, 0.717) is 11.6 Å². The summed E-state index contributed by atoms with van der Waals surface area (Å²) in [7, 11) is -3.90. The van der Waals surface area contributed by atoms with Gasteiger partial charge in [-0.1, -0.05) is 53.0 Å². The molecule has 0 bridgehead atoms. The molecule has 25 heavy (non-hydrogen) atoms. The molecule has 130 valence electrons. The number of sulfonamides is 1. The monoisotopic (exact) mass is 415 g/mol. The van der Waals surface area contributed by atoms with Gasteiger partial charge in [0.15, 0.2) is 5.82 Å². The van der Waals surface area contributed by atoms with Crippen molar-refractivity contribution < 1.29 is 8.42 Å². The van der Waals surface area contributed by atoms with Crippen LogP contribution in [-0.2, 0) is 16.6 Å². The molecule has 1 aromatic heterocycles. The molecule has 9 heteroatoms. The van der Waals surface area contributed by atoms with Gasteiger partial charge in [0.2, 0.25) is 0 Å². The summed E-state index contributed by atoms with van der Waals surface area (Å²) in [6.45, 7) is 0.416. The first kappa shape index (κ1) is 18.1. The maximum Gasteiger partial charge on any atom is 0.264 e. The van der Waals surface area contributed by atoms with Crippen molar-refractivity contribution in [3.05, 3.63) is 75.4 Å². The number of hydrogen-bond acceptors (Lipinski definition) is 3. The molecule has 0 radical (unpaired) electrons. The standard InChI is InChI=1S/C16H12Cl3N3O2S/c17-12-5-6-14(19)15(9-12)25(23,24)21-16-7-8-22(20-16)10-11-3-1-2-4-13(11)18/h1-9H,10H2,(H,20,21). The average Bonchev–Trinajstić information content (AvgIpc) is 2.98. The van der Waals surface area contributed by atoms with Gasteiger partial charge in [0, 0.05) is 22.3 Å². The highest BCUT2D eigenvalue weighted by atomic mass is 35.5. The fourth-order valence-electron chi connectivity index (χ4n) is 2.18. The number of rotatable bonds is 5. The minimum Gasteiger partial charge on any atom is -0.266 e. The lowest BCUT2D eigenvalue weighted by molar-refractivity contribution is 0.600. The van der Waals surface area contributed by atoms with Crippen molar-refractivity contribution in [1.82, 2.24) is 9.78 Å². The van der Waals surface area contributed by atoms with E-state index in [0.717, 1.165) is 5.56 Å². The molecular formula is C16H12Cl3N3O2S. The predicted octanol–water partition coefficient (Wildman–Crippen LogP) is 4.69. The Balaban J connectivity index is 1.81. The highest BCUT2D eigenvalue weighted by Gasteiger charge is 2.19. The van der Waals surface area contributed by atoms with Crippen LogP contribution in [0.5, 0.6) is 0 Å². The van der Waals surface area contributed by atoms with E-state index in [9.17, 15) is 8.42 Å². The summed E-state index contributed by atoms with van der Waals surface area (Å²) in [5, 5.41) is 5.17. The van der Waals surface area contributed by atoms with Crippen LogP contribution in [0.2, 0.25) is 15.1 Å². The van der Waals surface area contributed by atoms with Crippen molar-refractivity contribution in [2.24, 2.45) is 0 Å². The van der Waals surface area contributed by atoms with E-state index in [2.05, 4.69) is 9.82 Å². The zero-order chi connectivity index (χ0) is 18.0. The van der Waals surface area contributed by atoms with Crippen LogP contribution in [0.4, 0.5) is 5.82 Å². The van der Waals surface area contributed by atoms with E-state index in [1.807, 2.05) is 18.2 Å². The van der Waals surface area contributed by atoms with Gasteiger partial charge in [0.1, 0.15) is 4.90 Å². The van der Waals surface area contributed by atoms with Crippen LogP contribution < -0.4 is 4.72 Å². The maximum atomic E-state index is 12.5. The topological polar surface area (TPSA) is 64.0 Å². The molecule has 0 aliphatic rings.